The molecule has 2 amide bonds. The summed E-state index contributed by atoms with van der Waals surface area (Å²) in [5.41, 5.74) is 4.21. The number of fused-ring (bicyclic) bond motifs is 1. The molecule has 106 valence electrons. The summed E-state index contributed by atoms with van der Waals surface area (Å²) in [5.74, 6) is 0. The number of aromatic amines is 1. The zero-order chi connectivity index (χ0) is 14.7. The van der Waals surface area contributed by atoms with E-state index in [0.717, 1.165) is 16.8 Å². The number of urea groups is 1. The van der Waals surface area contributed by atoms with Gasteiger partial charge >= 0.3 is 6.03 Å². The third-order valence-corrected chi connectivity index (χ3v) is 3.39. The molecule has 0 aliphatic carbocycles. The van der Waals surface area contributed by atoms with Gasteiger partial charge in [0.25, 0.3) is 0 Å². The van der Waals surface area contributed by atoms with Crippen LogP contribution in [0.3, 0.4) is 0 Å². The Morgan fingerprint density at radius 2 is 1.90 bits per heavy atom. The normalized spacial score (nSPS) is 10.5. The van der Waals surface area contributed by atoms with Crippen molar-refractivity contribution in [2.75, 3.05) is 11.9 Å². The molecule has 4 heteroatoms. The predicted octanol–water partition coefficient (Wildman–Crippen LogP) is 3.98. The average Bonchev–Trinajstić information content (AvgIpc) is 2.97. The fourth-order valence-corrected chi connectivity index (χ4v) is 2.41. The maximum Gasteiger partial charge on any atom is 0.319 e. The van der Waals surface area contributed by atoms with E-state index >= 15 is 0 Å². The number of nitrogens with one attached hydrogen (secondary N) is 3. The zero-order valence-electron chi connectivity index (χ0n) is 11.8. The van der Waals surface area contributed by atoms with Gasteiger partial charge in [0.2, 0.25) is 0 Å². The third-order valence-electron chi connectivity index (χ3n) is 3.39. The molecule has 0 spiro atoms. The van der Waals surface area contributed by atoms with Gasteiger partial charge in [-0.3, -0.25) is 0 Å². The van der Waals surface area contributed by atoms with Crippen molar-refractivity contribution >= 4 is 22.6 Å². The van der Waals surface area contributed by atoms with Crippen molar-refractivity contribution in [1.82, 2.24) is 10.3 Å². The second-order valence-electron chi connectivity index (χ2n) is 4.81. The van der Waals surface area contributed by atoms with Crippen LogP contribution in [0.1, 0.15) is 6.92 Å². The molecule has 0 bridgehead atoms. The van der Waals surface area contributed by atoms with E-state index in [1.54, 1.807) is 0 Å². The Bertz CT molecular complexity index is 759. The summed E-state index contributed by atoms with van der Waals surface area (Å²) >= 11 is 0. The van der Waals surface area contributed by atoms with Gasteiger partial charge in [-0.25, -0.2) is 4.79 Å². The highest BCUT2D eigenvalue weighted by Crippen LogP contribution is 2.28. The Labute approximate surface area is 123 Å². The number of amides is 2. The molecule has 4 nitrogen and oxygen atoms in total. The summed E-state index contributed by atoms with van der Waals surface area (Å²) in [6, 6.07) is 15.9. The average molecular weight is 279 g/mol. The molecule has 2 aromatic carbocycles. The first-order valence-electron chi connectivity index (χ1n) is 6.99. The van der Waals surface area contributed by atoms with Crippen LogP contribution >= 0.6 is 0 Å². The van der Waals surface area contributed by atoms with E-state index in [2.05, 4.69) is 33.8 Å². The summed E-state index contributed by atoms with van der Waals surface area (Å²) in [6.07, 6.45) is 1.94. The Morgan fingerprint density at radius 1 is 1.10 bits per heavy atom. The Morgan fingerprint density at radius 3 is 2.67 bits per heavy atom. The highest BCUT2D eigenvalue weighted by molar-refractivity contribution is 5.95. The van der Waals surface area contributed by atoms with Crippen LogP contribution in [0.25, 0.3) is 22.0 Å². The van der Waals surface area contributed by atoms with Gasteiger partial charge in [0.05, 0.1) is 0 Å². The maximum absolute atomic E-state index is 11.5. The minimum absolute atomic E-state index is 0.182. The quantitative estimate of drug-likeness (QED) is 0.667. The van der Waals surface area contributed by atoms with Gasteiger partial charge in [-0.05, 0) is 42.3 Å². The van der Waals surface area contributed by atoms with E-state index in [0.29, 0.717) is 6.54 Å². The topological polar surface area (TPSA) is 56.9 Å². The summed E-state index contributed by atoms with van der Waals surface area (Å²) in [5, 5.41) is 6.70. The second kappa shape index (κ2) is 5.71. The number of H-pyrrole nitrogens is 1. The Balaban J connectivity index is 1.87. The van der Waals surface area contributed by atoms with E-state index in [1.165, 1.54) is 10.9 Å². The molecule has 0 saturated heterocycles. The molecule has 0 radical (unpaired) electrons. The number of rotatable bonds is 3. The molecule has 1 heterocycles. The summed E-state index contributed by atoms with van der Waals surface area (Å²) in [6.45, 7) is 2.50. The van der Waals surface area contributed by atoms with Crippen molar-refractivity contribution in [3.05, 3.63) is 54.7 Å². The lowest BCUT2D eigenvalue weighted by molar-refractivity contribution is 0.252. The van der Waals surface area contributed by atoms with Gasteiger partial charge in [-0.1, -0.05) is 24.3 Å². The van der Waals surface area contributed by atoms with Crippen molar-refractivity contribution in [3.63, 3.8) is 0 Å². The number of aromatic nitrogens is 1. The first-order chi connectivity index (χ1) is 10.3. The van der Waals surface area contributed by atoms with E-state index in [4.69, 9.17) is 0 Å². The summed E-state index contributed by atoms with van der Waals surface area (Å²) < 4.78 is 0. The molecule has 0 saturated carbocycles. The van der Waals surface area contributed by atoms with Gasteiger partial charge in [0, 0.05) is 29.3 Å². The van der Waals surface area contributed by atoms with Crippen molar-refractivity contribution < 1.29 is 4.79 Å². The van der Waals surface area contributed by atoms with E-state index in [1.807, 2.05) is 43.5 Å². The molecule has 1 aromatic heterocycles. The second-order valence-corrected chi connectivity index (χ2v) is 4.81. The highest BCUT2D eigenvalue weighted by atomic mass is 16.2. The van der Waals surface area contributed by atoms with Crippen LogP contribution in [0.4, 0.5) is 10.5 Å². The Hall–Kier alpha value is -2.75. The standard InChI is InChI=1S/C17H17N3O/c1-2-18-17(21)20-13-8-6-12(7-9-13)14-4-3-5-16-15(14)10-11-19-16/h3-11,19H,2H2,1H3,(H2,18,20,21). The smallest absolute Gasteiger partial charge is 0.319 e. The van der Waals surface area contributed by atoms with Crippen LogP contribution in [0, 0.1) is 0 Å². The molecule has 0 unspecified atom stereocenters. The van der Waals surface area contributed by atoms with E-state index < -0.39 is 0 Å². The van der Waals surface area contributed by atoms with Gasteiger partial charge in [-0.15, -0.1) is 0 Å². The summed E-state index contributed by atoms with van der Waals surface area (Å²) in [7, 11) is 0. The number of hydrogen-bond acceptors (Lipinski definition) is 1. The molecule has 3 aromatic rings. The minimum Gasteiger partial charge on any atom is -0.361 e. The number of benzene rings is 2. The SMILES string of the molecule is CCNC(=O)Nc1ccc(-c2cccc3[nH]ccc23)cc1. The first-order valence-corrected chi connectivity index (χ1v) is 6.99. The first kappa shape index (κ1) is 13.2. The highest BCUT2D eigenvalue weighted by Gasteiger charge is 2.05. The monoisotopic (exact) mass is 279 g/mol. The lowest BCUT2D eigenvalue weighted by Gasteiger charge is -2.08. The van der Waals surface area contributed by atoms with Gasteiger partial charge in [-0.2, -0.15) is 0 Å². The van der Waals surface area contributed by atoms with Crippen LogP contribution in [0.15, 0.2) is 54.7 Å². The fraction of sp³-hybridized carbons (Fsp3) is 0.118. The Kier molecular flexibility index (Phi) is 3.60. The predicted molar refractivity (Wildman–Crippen MR) is 86.4 cm³/mol. The van der Waals surface area contributed by atoms with Gasteiger partial charge in [0.15, 0.2) is 0 Å². The van der Waals surface area contributed by atoms with Crippen LogP contribution < -0.4 is 10.6 Å². The maximum atomic E-state index is 11.5. The van der Waals surface area contributed by atoms with Gasteiger partial charge < -0.3 is 15.6 Å². The van der Waals surface area contributed by atoms with Crippen LogP contribution in [-0.2, 0) is 0 Å². The molecule has 0 aliphatic heterocycles. The third kappa shape index (κ3) is 2.74. The van der Waals surface area contributed by atoms with Crippen molar-refractivity contribution in [1.29, 1.82) is 0 Å². The lowest BCUT2D eigenvalue weighted by atomic mass is 10.0. The summed E-state index contributed by atoms with van der Waals surface area (Å²) in [4.78, 5) is 14.7. The lowest BCUT2D eigenvalue weighted by Crippen LogP contribution is -2.28. The largest absolute Gasteiger partial charge is 0.361 e. The van der Waals surface area contributed by atoms with Crippen LogP contribution in [0.2, 0.25) is 0 Å². The molecule has 21 heavy (non-hydrogen) atoms. The fourth-order valence-electron chi connectivity index (χ4n) is 2.41. The number of carbonyl (C=O) groups excluding carboxylic acids is 1. The van der Waals surface area contributed by atoms with Crippen molar-refractivity contribution in [2.24, 2.45) is 0 Å². The zero-order valence-corrected chi connectivity index (χ0v) is 11.8. The van der Waals surface area contributed by atoms with Crippen molar-refractivity contribution in [3.8, 4) is 11.1 Å². The number of anilines is 1. The molecule has 0 aliphatic rings. The molecule has 0 atom stereocenters. The van der Waals surface area contributed by atoms with E-state index in [-0.39, 0.29) is 6.03 Å². The van der Waals surface area contributed by atoms with Crippen LogP contribution in [0.5, 0.6) is 0 Å². The van der Waals surface area contributed by atoms with Gasteiger partial charge in [0.1, 0.15) is 0 Å². The number of carbonyl (C=O) groups is 1. The van der Waals surface area contributed by atoms with E-state index in [9.17, 15) is 4.79 Å². The molecule has 3 N–H and O–H groups in total. The minimum atomic E-state index is -0.182. The molecule has 3 rings (SSSR count). The molecular formula is C17H17N3O. The molecular weight excluding hydrogens is 262 g/mol. The van der Waals surface area contributed by atoms with Crippen LogP contribution in [-0.4, -0.2) is 17.6 Å². The van der Waals surface area contributed by atoms with Crippen molar-refractivity contribution in [2.45, 2.75) is 6.92 Å². The number of hydrogen-bond donors (Lipinski definition) is 3. The molecule has 0 fully saturated rings.